The molecular formula is C20H24S2. The zero-order chi connectivity index (χ0) is 16.0. The Morgan fingerprint density at radius 1 is 0.864 bits per heavy atom. The molecule has 3 aromatic rings. The number of rotatable bonds is 3. The van der Waals surface area contributed by atoms with E-state index in [9.17, 15) is 0 Å². The maximum atomic E-state index is 2.42. The molecule has 3 rings (SSSR count). The summed E-state index contributed by atoms with van der Waals surface area (Å²) in [4.78, 5) is 2.85. The molecule has 2 aromatic heterocycles. The summed E-state index contributed by atoms with van der Waals surface area (Å²) in [6, 6.07) is 9.43. The third-order valence-corrected chi connectivity index (χ3v) is 6.55. The van der Waals surface area contributed by atoms with Gasteiger partial charge in [0.2, 0.25) is 0 Å². The normalized spacial score (nSPS) is 12.0. The van der Waals surface area contributed by atoms with E-state index in [0.717, 1.165) is 0 Å². The summed E-state index contributed by atoms with van der Waals surface area (Å²) in [5.41, 5.74) is 5.83. The summed E-state index contributed by atoms with van der Waals surface area (Å²) in [6.07, 6.45) is 0. The minimum Gasteiger partial charge on any atom is -0.139 e. The molecule has 0 atom stereocenters. The van der Waals surface area contributed by atoms with E-state index in [-0.39, 0.29) is 0 Å². The molecule has 0 aliphatic rings. The molecule has 0 radical (unpaired) electrons. The summed E-state index contributed by atoms with van der Waals surface area (Å²) in [5, 5.41) is 0. The van der Waals surface area contributed by atoms with Crippen molar-refractivity contribution in [3.8, 4) is 11.1 Å². The highest BCUT2D eigenvalue weighted by atomic mass is 32.1. The fourth-order valence-corrected chi connectivity index (χ4v) is 5.56. The van der Waals surface area contributed by atoms with E-state index in [1.807, 2.05) is 22.7 Å². The highest BCUT2D eigenvalue weighted by molar-refractivity contribution is 7.28. The monoisotopic (exact) mass is 328 g/mol. The number of thiophene rings is 2. The van der Waals surface area contributed by atoms with Gasteiger partial charge in [0.1, 0.15) is 0 Å². The molecule has 0 N–H and O–H groups in total. The fraction of sp³-hybridized carbons (Fsp3) is 0.400. The van der Waals surface area contributed by atoms with Crippen LogP contribution in [-0.2, 0) is 0 Å². The lowest BCUT2D eigenvalue weighted by atomic mass is 9.89. The van der Waals surface area contributed by atoms with Crippen LogP contribution in [0.5, 0.6) is 0 Å². The van der Waals surface area contributed by atoms with E-state index in [1.165, 1.54) is 41.4 Å². The molecular weight excluding hydrogens is 304 g/mol. The van der Waals surface area contributed by atoms with Gasteiger partial charge in [-0.1, -0.05) is 45.9 Å². The van der Waals surface area contributed by atoms with Gasteiger partial charge in [0.05, 0.1) is 4.70 Å². The van der Waals surface area contributed by atoms with Crippen molar-refractivity contribution in [2.45, 2.75) is 53.4 Å². The van der Waals surface area contributed by atoms with Crippen molar-refractivity contribution in [3.63, 3.8) is 0 Å². The van der Waals surface area contributed by atoms with Crippen molar-refractivity contribution in [3.05, 3.63) is 45.1 Å². The Morgan fingerprint density at radius 3 is 2.23 bits per heavy atom. The number of hydrogen-bond donors (Lipinski definition) is 0. The summed E-state index contributed by atoms with van der Waals surface area (Å²) in [7, 11) is 0. The molecule has 2 heterocycles. The van der Waals surface area contributed by atoms with Gasteiger partial charge in [-0.25, -0.2) is 0 Å². The Bertz CT molecular complexity index is 816. The van der Waals surface area contributed by atoms with E-state index < -0.39 is 0 Å². The van der Waals surface area contributed by atoms with E-state index >= 15 is 0 Å². The van der Waals surface area contributed by atoms with E-state index in [4.69, 9.17) is 0 Å². The van der Waals surface area contributed by atoms with Crippen molar-refractivity contribution in [2.75, 3.05) is 0 Å². The molecule has 22 heavy (non-hydrogen) atoms. The van der Waals surface area contributed by atoms with Gasteiger partial charge in [-0.2, -0.15) is 0 Å². The smallest absolute Gasteiger partial charge is 0.0534 e. The predicted octanol–water partition coefficient (Wildman–Crippen LogP) is 7.49. The van der Waals surface area contributed by atoms with Gasteiger partial charge in [-0.15, -0.1) is 22.7 Å². The molecule has 0 fully saturated rings. The maximum absolute atomic E-state index is 2.42. The van der Waals surface area contributed by atoms with Crippen LogP contribution < -0.4 is 0 Å². The van der Waals surface area contributed by atoms with Crippen molar-refractivity contribution in [2.24, 2.45) is 0 Å². The van der Waals surface area contributed by atoms with E-state index in [1.54, 1.807) is 0 Å². The minimum absolute atomic E-state index is 0.545. The Balaban J connectivity index is 2.27. The molecule has 0 spiro atoms. The van der Waals surface area contributed by atoms with Crippen LogP contribution >= 0.6 is 22.7 Å². The van der Waals surface area contributed by atoms with Crippen LogP contribution in [0.25, 0.3) is 20.5 Å². The number of benzene rings is 1. The molecule has 0 aliphatic heterocycles. The highest BCUT2D eigenvalue weighted by Crippen LogP contribution is 2.45. The summed E-state index contributed by atoms with van der Waals surface area (Å²) in [6.45, 7) is 13.6. The van der Waals surface area contributed by atoms with Crippen LogP contribution in [-0.4, -0.2) is 0 Å². The number of hydrogen-bond acceptors (Lipinski definition) is 2. The van der Waals surface area contributed by atoms with Crippen LogP contribution in [0.2, 0.25) is 0 Å². The summed E-state index contributed by atoms with van der Waals surface area (Å²) in [5.74, 6) is 1.13. The molecule has 0 saturated carbocycles. The van der Waals surface area contributed by atoms with Crippen molar-refractivity contribution < 1.29 is 0 Å². The Hall–Kier alpha value is -1.12. The largest absolute Gasteiger partial charge is 0.139 e. The average Bonchev–Trinajstić information content (AvgIpc) is 2.92. The molecule has 116 valence electrons. The third kappa shape index (κ3) is 2.63. The van der Waals surface area contributed by atoms with Crippen LogP contribution in [0.15, 0.2) is 24.3 Å². The second-order valence-corrected chi connectivity index (χ2v) is 9.25. The van der Waals surface area contributed by atoms with Gasteiger partial charge < -0.3 is 0 Å². The lowest BCUT2D eigenvalue weighted by molar-refractivity contribution is 0.835. The van der Waals surface area contributed by atoms with Gasteiger partial charge in [-0.3, -0.25) is 0 Å². The maximum Gasteiger partial charge on any atom is 0.0534 e. The second kappa shape index (κ2) is 5.82. The third-order valence-electron chi connectivity index (χ3n) is 4.30. The van der Waals surface area contributed by atoms with Crippen LogP contribution in [0.3, 0.4) is 0 Å². The first-order valence-electron chi connectivity index (χ1n) is 8.02. The van der Waals surface area contributed by atoms with Crippen molar-refractivity contribution in [1.29, 1.82) is 0 Å². The van der Waals surface area contributed by atoms with Gasteiger partial charge in [0.25, 0.3) is 0 Å². The quantitative estimate of drug-likeness (QED) is 0.467. The molecule has 0 bridgehead atoms. The lowest BCUT2D eigenvalue weighted by Gasteiger charge is -2.16. The Labute approximate surface area is 141 Å². The number of fused-ring (bicyclic) bond motifs is 1. The molecule has 0 nitrogen and oxygen atoms in total. The molecule has 0 saturated heterocycles. The molecule has 0 amide bonds. The Morgan fingerprint density at radius 2 is 1.59 bits per heavy atom. The fourth-order valence-electron chi connectivity index (χ4n) is 3.07. The van der Waals surface area contributed by atoms with Crippen molar-refractivity contribution >= 4 is 32.1 Å². The topological polar surface area (TPSA) is 0 Å². The predicted molar refractivity (Wildman–Crippen MR) is 103 cm³/mol. The van der Waals surface area contributed by atoms with Gasteiger partial charge >= 0.3 is 0 Å². The first-order valence-corrected chi connectivity index (χ1v) is 9.65. The highest BCUT2D eigenvalue weighted by Gasteiger charge is 2.18. The molecule has 2 heteroatoms. The first kappa shape index (κ1) is 15.8. The average molecular weight is 329 g/mol. The van der Waals surface area contributed by atoms with Crippen molar-refractivity contribution in [1.82, 2.24) is 0 Å². The van der Waals surface area contributed by atoms with Gasteiger partial charge in [0, 0.05) is 20.0 Å². The van der Waals surface area contributed by atoms with Gasteiger partial charge in [-0.05, 0) is 48.4 Å². The van der Waals surface area contributed by atoms with E-state index in [0.29, 0.717) is 11.8 Å². The standard InChI is InChI=1S/C20H24S2/c1-11(2)15-7-8-16(17(10-15)12(3)4)19-14(6)22-18-9-13(5)21-20(18)19/h7-12H,1-6H3. The summed E-state index contributed by atoms with van der Waals surface area (Å²) >= 11 is 3.87. The SMILES string of the molecule is Cc1cc2sc(C)c(-c3ccc(C(C)C)cc3C(C)C)c2s1. The zero-order valence-corrected chi connectivity index (χ0v) is 15.9. The molecule has 0 aliphatic carbocycles. The second-order valence-electron chi connectivity index (χ2n) is 6.74. The van der Waals surface area contributed by atoms with E-state index in [2.05, 4.69) is 65.8 Å². The zero-order valence-electron chi connectivity index (χ0n) is 14.3. The van der Waals surface area contributed by atoms with Gasteiger partial charge in [0.15, 0.2) is 0 Å². The summed E-state index contributed by atoms with van der Waals surface area (Å²) < 4.78 is 2.91. The molecule has 1 aromatic carbocycles. The minimum atomic E-state index is 0.545. The molecule has 0 unspecified atom stereocenters. The first-order chi connectivity index (χ1) is 10.4. The van der Waals surface area contributed by atoms with Crippen LogP contribution in [0.4, 0.5) is 0 Å². The lowest BCUT2D eigenvalue weighted by Crippen LogP contribution is -1.96. The van der Waals surface area contributed by atoms with Crippen LogP contribution in [0, 0.1) is 13.8 Å². The number of aryl methyl sites for hydroxylation is 2. The van der Waals surface area contributed by atoms with Crippen LogP contribution in [0.1, 0.15) is 60.4 Å². The Kier molecular flexibility index (Phi) is 4.17.